The lowest BCUT2D eigenvalue weighted by atomic mass is 10.1. The summed E-state index contributed by atoms with van der Waals surface area (Å²) in [7, 11) is 0. The molecule has 0 saturated carbocycles. The van der Waals surface area contributed by atoms with Crippen LogP contribution in [0.3, 0.4) is 0 Å². The van der Waals surface area contributed by atoms with Crippen molar-refractivity contribution in [2.75, 3.05) is 0 Å². The third-order valence-electron chi connectivity index (χ3n) is 1.47. The zero-order valence-electron chi connectivity index (χ0n) is 6.31. The number of aliphatic hydroxyl groups is 1. The molecule has 0 spiro atoms. The van der Waals surface area contributed by atoms with E-state index in [1.807, 2.05) is 0 Å². The van der Waals surface area contributed by atoms with Gasteiger partial charge in [0.1, 0.15) is 11.6 Å². The molecule has 1 aromatic carbocycles. The van der Waals surface area contributed by atoms with Crippen molar-refractivity contribution in [1.82, 2.24) is 0 Å². The minimum absolute atomic E-state index is 0.0263. The molecule has 1 nitrogen and oxygen atoms in total. The first-order valence-corrected chi connectivity index (χ1v) is 4.14. The Balaban J connectivity index is 3.28. The molecule has 66 valence electrons. The summed E-state index contributed by atoms with van der Waals surface area (Å²) in [6, 6.07) is 1.99. The topological polar surface area (TPSA) is 20.2 Å². The highest BCUT2D eigenvalue weighted by atomic mass is 79.9. The van der Waals surface area contributed by atoms with Crippen LogP contribution >= 0.6 is 15.9 Å². The molecule has 12 heavy (non-hydrogen) atoms. The van der Waals surface area contributed by atoms with Gasteiger partial charge in [0, 0.05) is 5.56 Å². The molecule has 0 heterocycles. The summed E-state index contributed by atoms with van der Waals surface area (Å²) in [5.41, 5.74) is -0.0399. The van der Waals surface area contributed by atoms with Gasteiger partial charge in [-0.15, -0.1) is 0 Å². The van der Waals surface area contributed by atoms with E-state index in [0.29, 0.717) is 0 Å². The van der Waals surface area contributed by atoms with Crippen LogP contribution in [0.1, 0.15) is 18.6 Å². The fraction of sp³-hybridized carbons (Fsp3) is 0.250. The maximum atomic E-state index is 13.1. The van der Waals surface area contributed by atoms with Gasteiger partial charge in [0.25, 0.3) is 0 Å². The van der Waals surface area contributed by atoms with Gasteiger partial charge in [-0.1, -0.05) is 0 Å². The van der Waals surface area contributed by atoms with Crippen molar-refractivity contribution in [3.8, 4) is 0 Å². The van der Waals surface area contributed by atoms with Crippen molar-refractivity contribution in [2.24, 2.45) is 0 Å². The van der Waals surface area contributed by atoms with Crippen molar-refractivity contribution >= 4 is 15.9 Å². The molecule has 0 amide bonds. The lowest BCUT2D eigenvalue weighted by molar-refractivity contribution is 0.193. The second-order valence-electron chi connectivity index (χ2n) is 2.47. The number of rotatable bonds is 1. The van der Waals surface area contributed by atoms with Gasteiger partial charge in [-0.25, -0.2) is 8.78 Å². The summed E-state index contributed by atoms with van der Waals surface area (Å²) in [6.45, 7) is 1.38. The Kier molecular flexibility index (Phi) is 2.80. The molecule has 0 aliphatic carbocycles. The fourth-order valence-corrected chi connectivity index (χ4v) is 1.33. The highest BCUT2D eigenvalue weighted by Crippen LogP contribution is 2.24. The predicted molar refractivity (Wildman–Crippen MR) is 44.7 cm³/mol. The van der Waals surface area contributed by atoms with Crippen LogP contribution in [0.2, 0.25) is 0 Å². The highest BCUT2D eigenvalue weighted by molar-refractivity contribution is 9.10. The molecule has 1 rings (SSSR count). The van der Waals surface area contributed by atoms with Gasteiger partial charge in [-0.3, -0.25) is 0 Å². The standard InChI is InChI=1S/C8H7BrF2O/c1-4(12)6-2-5(10)3-7(9)8(6)11/h2-4,12H,1H3. The van der Waals surface area contributed by atoms with Gasteiger partial charge in [-0.2, -0.15) is 0 Å². The van der Waals surface area contributed by atoms with E-state index in [1.54, 1.807) is 0 Å². The normalized spacial score (nSPS) is 13.1. The summed E-state index contributed by atoms with van der Waals surface area (Å²) in [4.78, 5) is 0. The molecule has 0 saturated heterocycles. The molecule has 1 unspecified atom stereocenters. The molecule has 4 heteroatoms. The molecule has 1 aromatic rings. The van der Waals surface area contributed by atoms with Crippen LogP contribution in [0, 0.1) is 11.6 Å². The number of hydrogen-bond acceptors (Lipinski definition) is 1. The van der Waals surface area contributed by atoms with Crippen LogP contribution in [-0.4, -0.2) is 5.11 Å². The molecular weight excluding hydrogens is 230 g/mol. The molecule has 0 fully saturated rings. The van der Waals surface area contributed by atoms with Crippen molar-refractivity contribution in [1.29, 1.82) is 0 Å². The van der Waals surface area contributed by atoms with Crippen LogP contribution < -0.4 is 0 Å². The smallest absolute Gasteiger partial charge is 0.143 e. The maximum absolute atomic E-state index is 13.1. The molecule has 0 aliphatic rings. The second-order valence-corrected chi connectivity index (χ2v) is 3.32. The number of aliphatic hydroxyl groups excluding tert-OH is 1. The average molecular weight is 237 g/mol. The molecule has 0 bridgehead atoms. The van der Waals surface area contributed by atoms with Crippen molar-refractivity contribution in [3.05, 3.63) is 33.8 Å². The van der Waals surface area contributed by atoms with E-state index in [2.05, 4.69) is 15.9 Å². The largest absolute Gasteiger partial charge is 0.389 e. The zero-order valence-corrected chi connectivity index (χ0v) is 7.90. The molecule has 0 aliphatic heterocycles. The predicted octanol–water partition coefficient (Wildman–Crippen LogP) is 2.78. The minimum atomic E-state index is -1.00. The van der Waals surface area contributed by atoms with Crippen molar-refractivity contribution in [3.63, 3.8) is 0 Å². The van der Waals surface area contributed by atoms with Crippen molar-refractivity contribution < 1.29 is 13.9 Å². The summed E-state index contributed by atoms with van der Waals surface area (Å²) >= 11 is 2.84. The lowest BCUT2D eigenvalue weighted by Crippen LogP contribution is -1.97. The number of benzene rings is 1. The van der Waals surface area contributed by atoms with Crippen LogP contribution in [0.15, 0.2) is 16.6 Å². The Labute approximate surface area is 77.2 Å². The van der Waals surface area contributed by atoms with Crippen LogP contribution in [0.4, 0.5) is 8.78 Å². The molecule has 1 N–H and O–H groups in total. The van der Waals surface area contributed by atoms with E-state index in [9.17, 15) is 8.78 Å². The van der Waals surface area contributed by atoms with Crippen LogP contribution in [0.25, 0.3) is 0 Å². The van der Waals surface area contributed by atoms with Gasteiger partial charge >= 0.3 is 0 Å². The molecule has 0 aromatic heterocycles. The summed E-state index contributed by atoms with van der Waals surface area (Å²) in [6.07, 6.45) is -1.00. The SMILES string of the molecule is CC(O)c1cc(F)cc(Br)c1F. The van der Waals surface area contributed by atoms with Gasteiger partial charge in [-0.05, 0) is 35.0 Å². The Hall–Kier alpha value is -0.480. The fourth-order valence-electron chi connectivity index (χ4n) is 0.880. The first-order valence-electron chi connectivity index (χ1n) is 3.35. The summed E-state index contributed by atoms with van der Waals surface area (Å²) in [5.74, 6) is -1.19. The molecule has 0 radical (unpaired) electrons. The van der Waals surface area contributed by atoms with Crippen LogP contribution in [0.5, 0.6) is 0 Å². The van der Waals surface area contributed by atoms with Crippen LogP contribution in [-0.2, 0) is 0 Å². The van der Waals surface area contributed by atoms with Gasteiger partial charge < -0.3 is 5.11 Å². The van der Waals surface area contributed by atoms with E-state index in [0.717, 1.165) is 12.1 Å². The third kappa shape index (κ3) is 1.81. The third-order valence-corrected chi connectivity index (χ3v) is 2.05. The van der Waals surface area contributed by atoms with E-state index < -0.39 is 17.7 Å². The molecular formula is C8H7BrF2O. The Morgan fingerprint density at radius 3 is 2.50 bits per heavy atom. The maximum Gasteiger partial charge on any atom is 0.143 e. The van der Waals surface area contributed by atoms with Gasteiger partial charge in [0.15, 0.2) is 0 Å². The monoisotopic (exact) mass is 236 g/mol. The zero-order chi connectivity index (χ0) is 9.30. The number of hydrogen-bond donors (Lipinski definition) is 1. The molecule has 1 atom stereocenters. The summed E-state index contributed by atoms with van der Waals surface area (Å²) < 4.78 is 25.7. The lowest BCUT2D eigenvalue weighted by Gasteiger charge is -2.07. The van der Waals surface area contributed by atoms with Gasteiger partial charge in [0.2, 0.25) is 0 Å². The second kappa shape index (κ2) is 3.49. The Morgan fingerprint density at radius 2 is 2.00 bits per heavy atom. The van der Waals surface area contributed by atoms with Gasteiger partial charge in [0.05, 0.1) is 10.6 Å². The van der Waals surface area contributed by atoms with Crippen molar-refractivity contribution in [2.45, 2.75) is 13.0 Å². The minimum Gasteiger partial charge on any atom is -0.389 e. The van der Waals surface area contributed by atoms with E-state index in [4.69, 9.17) is 5.11 Å². The van der Waals surface area contributed by atoms with E-state index in [1.165, 1.54) is 6.92 Å². The quantitative estimate of drug-likeness (QED) is 0.744. The summed E-state index contributed by atoms with van der Waals surface area (Å²) in [5, 5.41) is 9.03. The first kappa shape index (κ1) is 9.61. The highest BCUT2D eigenvalue weighted by Gasteiger charge is 2.12. The van der Waals surface area contributed by atoms with E-state index in [-0.39, 0.29) is 10.0 Å². The van der Waals surface area contributed by atoms with E-state index >= 15 is 0 Å². The first-order chi connectivity index (χ1) is 5.52. The number of halogens is 3. The Morgan fingerprint density at radius 1 is 1.42 bits per heavy atom. The average Bonchev–Trinajstić information content (AvgIpc) is 1.96. The Bertz CT molecular complexity index is 299.